The fourth-order valence-corrected chi connectivity index (χ4v) is 2.78. The van der Waals surface area contributed by atoms with Crippen LogP contribution in [0.5, 0.6) is 0 Å². The third-order valence-electron chi connectivity index (χ3n) is 4.32. The van der Waals surface area contributed by atoms with Gasteiger partial charge in [-0.25, -0.2) is 0 Å². The Morgan fingerprint density at radius 2 is 2.24 bits per heavy atom. The molecule has 1 fully saturated rings. The standard InChI is InChI=1S/C15H22N2/c1-15(2)8-13(15)10-16-9-11-3-4-14-12(7-11)5-6-17-14/h3-4,7,13,16-17H,5-6,8-10H2,1-2H3. The van der Waals surface area contributed by atoms with Gasteiger partial charge in [0.05, 0.1) is 0 Å². The van der Waals surface area contributed by atoms with Crippen LogP contribution in [0, 0.1) is 11.3 Å². The molecule has 0 bridgehead atoms. The molecule has 0 radical (unpaired) electrons. The van der Waals surface area contributed by atoms with Gasteiger partial charge in [0.1, 0.15) is 0 Å². The average molecular weight is 230 g/mol. The van der Waals surface area contributed by atoms with Crippen LogP contribution in [-0.2, 0) is 13.0 Å². The summed E-state index contributed by atoms with van der Waals surface area (Å²) in [5.41, 5.74) is 4.83. The van der Waals surface area contributed by atoms with Gasteiger partial charge in [-0.15, -0.1) is 0 Å². The number of benzene rings is 1. The van der Waals surface area contributed by atoms with Crippen molar-refractivity contribution in [2.24, 2.45) is 11.3 Å². The zero-order valence-electron chi connectivity index (χ0n) is 10.8. The van der Waals surface area contributed by atoms with Crippen LogP contribution in [0.3, 0.4) is 0 Å². The van der Waals surface area contributed by atoms with Crippen LogP contribution in [0.25, 0.3) is 0 Å². The van der Waals surface area contributed by atoms with E-state index in [4.69, 9.17) is 0 Å². The number of rotatable bonds is 4. The van der Waals surface area contributed by atoms with Gasteiger partial charge in [-0.05, 0) is 47.9 Å². The second-order valence-corrected chi connectivity index (χ2v) is 6.19. The van der Waals surface area contributed by atoms with E-state index in [0.29, 0.717) is 5.41 Å². The van der Waals surface area contributed by atoms with Crippen molar-refractivity contribution >= 4 is 5.69 Å². The molecule has 0 amide bonds. The minimum atomic E-state index is 0.592. The fraction of sp³-hybridized carbons (Fsp3) is 0.600. The summed E-state index contributed by atoms with van der Waals surface area (Å²) in [7, 11) is 0. The number of fused-ring (bicyclic) bond motifs is 1. The van der Waals surface area contributed by atoms with Gasteiger partial charge in [0.25, 0.3) is 0 Å². The highest BCUT2D eigenvalue weighted by Crippen LogP contribution is 2.50. The second kappa shape index (κ2) is 4.02. The first-order chi connectivity index (χ1) is 8.15. The fourth-order valence-electron chi connectivity index (χ4n) is 2.78. The first-order valence-corrected chi connectivity index (χ1v) is 6.71. The highest BCUT2D eigenvalue weighted by Gasteiger charge is 2.44. The Kier molecular flexibility index (Phi) is 2.62. The van der Waals surface area contributed by atoms with Gasteiger partial charge in [-0.1, -0.05) is 26.0 Å². The summed E-state index contributed by atoms with van der Waals surface area (Å²) in [6, 6.07) is 6.81. The lowest BCUT2D eigenvalue weighted by molar-refractivity contribution is 0.519. The molecule has 1 heterocycles. The molecule has 2 N–H and O–H groups in total. The number of hydrogen-bond donors (Lipinski definition) is 2. The summed E-state index contributed by atoms with van der Waals surface area (Å²) >= 11 is 0. The third kappa shape index (κ3) is 2.32. The summed E-state index contributed by atoms with van der Waals surface area (Å²) in [5, 5.41) is 6.99. The molecule has 0 spiro atoms. The van der Waals surface area contributed by atoms with Crippen LogP contribution >= 0.6 is 0 Å². The Morgan fingerprint density at radius 3 is 3.00 bits per heavy atom. The van der Waals surface area contributed by atoms with Crippen molar-refractivity contribution in [3.05, 3.63) is 29.3 Å². The largest absolute Gasteiger partial charge is 0.384 e. The van der Waals surface area contributed by atoms with Crippen molar-refractivity contribution in [2.75, 3.05) is 18.4 Å². The molecule has 0 saturated heterocycles. The molecule has 1 aliphatic carbocycles. The predicted octanol–water partition coefficient (Wildman–Crippen LogP) is 2.79. The van der Waals surface area contributed by atoms with E-state index in [9.17, 15) is 0 Å². The molecule has 2 heteroatoms. The van der Waals surface area contributed by atoms with E-state index in [0.717, 1.165) is 19.0 Å². The maximum Gasteiger partial charge on any atom is 0.0373 e. The van der Waals surface area contributed by atoms with E-state index in [1.54, 1.807) is 0 Å². The normalized spacial score (nSPS) is 24.2. The molecule has 1 unspecified atom stereocenters. The van der Waals surface area contributed by atoms with Crippen molar-refractivity contribution in [1.82, 2.24) is 5.32 Å². The molecule has 0 aromatic heterocycles. The van der Waals surface area contributed by atoms with E-state index in [1.807, 2.05) is 0 Å². The van der Waals surface area contributed by atoms with Gasteiger partial charge in [-0.2, -0.15) is 0 Å². The van der Waals surface area contributed by atoms with E-state index in [1.165, 1.54) is 36.2 Å². The van der Waals surface area contributed by atoms with Crippen molar-refractivity contribution in [2.45, 2.75) is 33.2 Å². The molecule has 2 aliphatic rings. The molecule has 1 atom stereocenters. The Labute approximate surface area is 104 Å². The molecule has 17 heavy (non-hydrogen) atoms. The molecule has 1 saturated carbocycles. The van der Waals surface area contributed by atoms with E-state index in [-0.39, 0.29) is 0 Å². The first-order valence-electron chi connectivity index (χ1n) is 6.71. The number of hydrogen-bond acceptors (Lipinski definition) is 2. The highest BCUT2D eigenvalue weighted by atomic mass is 14.9. The highest BCUT2D eigenvalue weighted by molar-refractivity contribution is 5.56. The van der Waals surface area contributed by atoms with Gasteiger partial charge in [0.15, 0.2) is 0 Å². The van der Waals surface area contributed by atoms with Crippen molar-refractivity contribution in [3.8, 4) is 0 Å². The van der Waals surface area contributed by atoms with Crippen LogP contribution in [0.15, 0.2) is 18.2 Å². The molecule has 2 nitrogen and oxygen atoms in total. The maximum absolute atomic E-state index is 3.59. The molecule has 1 aromatic rings. The Bertz CT molecular complexity index is 423. The van der Waals surface area contributed by atoms with Crippen LogP contribution in [-0.4, -0.2) is 13.1 Å². The van der Waals surface area contributed by atoms with Gasteiger partial charge < -0.3 is 10.6 Å². The SMILES string of the molecule is CC1(C)CC1CNCc1ccc2c(c1)CCN2. The average Bonchev–Trinajstić information content (AvgIpc) is 2.74. The summed E-state index contributed by atoms with van der Waals surface area (Å²) in [6.07, 6.45) is 2.56. The first kappa shape index (κ1) is 11.1. The summed E-state index contributed by atoms with van der Waals surface area (Å²) in [5.74, 6) is 0.888. The topological polar surface area (TPSA) is 24.1 Å². The lowest BCUT2D eigenvalue weighted by atomic mass is 10.1. The molecule has 92 valence electrons. The lowest BCUT2D eigenvalue weighted by Crippen LogP contribution is -2.18. The zero-order valence-corrected chi connectivity index (χ0v) is 10.8. The van der Waals surface area contributed by atoms with Crippen molar-refractivity contribution < 1.29 is 0 Å². The maximum atomic E-state index is 3.59. The third-order valence-corrected chi connectivity index (χ3v) is 4.32. The van der Waals surface area contributed by atoms with Crippen LogP contribution in [0.1, 0.15) is 31.4 Å². The predicted molar refractivity (Wildman–Crippen MR) is 72.2 cm³/mol. The van der Waals surface area contributed by atoms with Crippen LogP contribution in [0.2, 0.25) is 0 Å². The summed E-state index contributed by atoms with van der Waals surface area (Å²) in [4.78, 5) is 0. The molecule has 3 rings (SSSR count). The monoisotopic (exact) mass is 230 g/mol. The molecule has 1 aromatic carbocycles. The Morgan fingerprint density at radius 1 is 1.41 bits per heavy atom. The van der Waals surface area contributed by atoms with Gasteiger partial charge in [0.2, 0.25) is 0 Å². The van der Waals surface area contributed by atoms with Gasteiger partial charge in [0, 0.05) is 18.8 Å². The Hall–Kier alpha value is -1.02. The Balaban J connectivity index is 1.52. The smallest absolute Gasteiger partial charge is 0.0373 e. The van der Waals surface area contributed by atoms with E-state index < -0.39 is 0 Å². The quantitative estimate of drug-likeness (QED) is 0.831. The second-order valence-electron chi connectivity index (χ2n) is 6.19. The van der Waals surface area contributed by atoms with Crippen LogP contribution in [0.4, 0.5) is 5.69 Å². The van der Waals surface area contributed by atoms with Gasteiger partial charge >= 0.3 is 0 Å². The van der Waals surface area contributed by atoms with E-state index >= 15 is 0 Å². The van der Waals surface area contributed by atoms with Crippen LogP contribution < -0.4 is 10.6 Å². The molecular formula is C15H22N2. The van der Waals surface area contributed by atoms with Crippen molar-refractivity contribution in [3.63, 3.8) is 0 Å². The number of nitrogens with one attached hydrogen (secondary N) is 2. The number of anilines is 1. The minimum absolute atomic E-state index is 0.592. The minimum Gasteiger partial charge on any atom is -0.384 e. The van der Waals surface area contributed by atoms with Gasteiger partial charge in [-0.3, -0.25) is 0 Å². The molecular weight excluding hydrogens is 208 g/mol. The summed E-state index contributed by atoms with van der Waals surface area (Å²) in [6.45, 7) is 8.01. The summed E-state index contributed by atoms with van der Waals surface area (Å²) < 4.78 is 0. The lowest BCUT2D eigenvalue weighted by Gasteiger charge is -2.08. The van der Waals surface area contributed by atoms with E-state index in [2.05, 4.69) is 42.7 Å². The zero-order chi connectivity index (χ0) is 11.9. The molecule has 1 aliphatic heterocycles. The van der Waals surface area contributed by atoms with Crippen molar-refractivity contribution in [1.29, 1.82) is 0 Å².